The van der Waals surface area contributed by atoms with Gasteiger partial charge < -0.3 is 14.2 Å². The number of rotatable bonds is 13. The van der Waals surface area contributed by atoms with Gasteiger partial charge in [-0.05, 0) is 54.1 Å². The summed E-state index contributed by atoms with van der Waals surface area (Å²) in [6, 6.07) is 35.5. The smallest absolute Gasteiger partial charge is 0.344 e. The fourth-order valence-electron chi connectivity index (χ4n) is 4.40. The maximum atomic E-state index is 14.2. The van der Waals surface area contributed by atoms with E-state index in [1.165, 1.54) is 0 Å². The van der Waals surface area contributed by atoms with Crippen molar-refractivity contribution in [3.8, 4) is 11.5 Å². The fraction of sp³-hybridized carbons (Fsp3) is 0.182. The molecule has 206 valence electrons. The van der Waals surface area contributed by atoms with Gasteiger partial charge in [-0.1, -0.05) is 91.0 Å². The number of Topliss-reactive ketones (excluding diaryl/α,β-unsaturated/α-hetero) is 1. The first-order valence-electron chi connectivity index (χ1n) is 13.2. The zero-order valence-corrected chi connectivity index (χ0v) is 24.0. The topological polar surface area (TPSA) is 61.8 Å². The number of ether oxygens (including phenoxy) is 3. The minimum atomic E-state index is -2.52. The third kappa shape index (κ3) is 7.04. The molecule has 0 aliphatic carbocycles. The number of carbonyl (C=O) groups is 2. The molecule has 0 fully saturated rings. The summed E-state index contributed by atoms with van der Waals surface area (Å²) in [6.07, 6.45) is 0.613. The molecule has 0 spiro atoms. The zero-order valence-electron chi connectivity index (χ0n) is 22.4. The molecule has 0 aromatic heterocycles. The van der Waals surface area contributed by atoms with Crippen LogP contribution in [0.3, 0.4) is 0 Å². The van der Waals surface area contributed by atoms with Gasteiger partial charge in [0.1, 0.15) is 11.5 Å². The first-order chi connectivity index (χ1) is 19.6. The first-order valence-corrected chi connectivity index (χ1v) is 15.5. The molecule has 0 saturated carbocycles. The lowest BCUT2D eigenvalue weighted by Crippen LogP contribution is -2.28. The van der Waals surface area contributed by atoms with Crippen molar-refractivity contribution in [2.75, 3.05) is 25.7 Å². The Labute approximate surface area is 240 Å². The molecule has 0 N–H and O–H groups in total. The Balaban J connectivity index is 1.86. The van der Waals surface area contributed by atoms with Crippen LogP contribution in [0.15, 0.2) is 109 Å². The molecule has 0 radical (unpaired) electrons. The van der Waals surface area contributed by atoms with Crippen LogP contribution in [0.25, 0.3) is 0 Å². The molecule has 0 aliphatic rings. The monoisotopic (exact) mass is 574 g/mol. The van der Waals surface area contributed by atoms with E-state index in [9.17, 15) is 9.59 Å². The molecule has 0 bridgehead atoms. The van der Waals surface area contributed by atoms with Crippen LogP contribution in [0, 0.1) is 0 Å². The van der Waals surface area contributed by atoms with Crippen molar-refractivity contribution < 1.29 is 23.8 Å². The van der Waals surface area contributed by atoms with Crippen LogP contribution in [0.5, 0.6) is 11.5 Å². The lowest BCUT2D eigenvalue weighted by molar-refractivity contribution is -0.145. The SMILES string of the molecule is CCOC(=O)COc1ccc(C(=O)C=P(c2ccccc2)(c2ccccc2)c2ccccc2)c(OCCCCl)c1. The van der Waals surface area contributed by atoms with E-state index < -0.39 is 12.9 Å². The predicted octanol–water partition coefficient (Wildman–Crippen LogP) is 5.62. The third-order valence-corrected chi connectivity index (χ3v) is 10.4. The maximum Gasteiger partial charge on any atom is 0.344 e. The van der Waals surface area contributed by atoms with E-state index in [-0.39, 0.29) is 19.0 Å². The predicted molar refractivity (Wildman–Crippen MR) is 165 cm³/mol. The summed E-state index contributed by atoms with van der Waals surface area (Å²) in [7, 11) is 0. The normalized spacial score (nSPS) is 10.9. The quantitative estimate of drug-likeness (QED) is 0.0682. The van der Waals surface area contributed by atoms with E-state index in [4.69, 9.17) is 25.8 Å². The summed E-state index contributed by atoms with van der Waals surface area (Å²) in [5, 5.41) is 3.21. The molecular formula is C33H32ClO5P. The average molecular weight is 575 g/mol. The number of alkyl halides is 1. The van der Waals surface area contributed by atoms with Gasteiger partial charge in [0.05, 0.1) is 18.8 Å². The van der Waals surface area contributed by atoms with Gasteiger partial charge in [0.25, 0.3) is 0 Å². The largest absolute Gasteiger partial charge is 0.493 e. The summed E-state index contributed by atoms with van der Waals surface area (Å²) in [6.45, 7) is -0.410. The Hall–Kier alpha value is -3.79. The third-order valence-electron chi connectivity index (χ3n) is 6.22. The van der Waals surface area contributed by atoms with E-state index in [0.717, 1.165) is 15.9 Å². The van der Waals surface area contributed by atoms with Crippen LogP contribution in [0.2, 0.25) is 0 Å². The standard InChI is InChI=1S/C33H32ClO5P/c1-2-37-33(36)24-39-26-19-20-30(32(23-26)38-22-12-21-34)31(35)25-40(27-13-6-3-7-14-27,28-15-8-4-9-16-28)29-17-10-5-11-18-29/h3-11,13-20,23,25H,2,12,21-22,24H2,1H3. The second-order valence-electron chi connectivity index (χ2n) is 8.87. The zero-order chi connectivity index (χ0) is 28.2. The first kappa shape index (κ1) is 29.2. The summed E-state index contributed by atoms with van der Waals surface area (Å²) in [5.41, 5.74) is 0.408. The average Bonchev–Trinajstić information content (AvgIpc) is 3.00. The summed E-state index contributed by atoms with van der Waals surface area (Å²) in [5.74, 6) is 2.45. The molecule has 4 aromatic rings. The van der Waals surface area contributed by atoms with Gasteiger partial charge in [-0.25, -0.2) is 4.79 Å². The molecule has 0 amide bonds. The van der Waals surface area contributed by atoms with Gasteiger partial charge in [0.15, 0.2) is 12.4 Å². The summed E-state index contributed by atoms with van der Waals surface area (Å²) in [4.78, 5) is 26.0. The molecule has 4 rings (SSSR count). The number of halogens is 1. The van der Waals surface area contributed by atoms with Gasteiger partial charge in [-0.2, -0.15) is 0 Å². The van der Waals surface area contributed by atoms with E-state index >= 15 is 0 Å². The molecule has 40 heavy (non-hydrogen) atoms. The molecule has 5 nitrogen and oxygen atoms in total. The molecule has 0 unspecified atom stereocenters. The second-order valence-corrected chi connectivity index (χ2v) is 12.5. The van der Waals surface area contributed by atoms with Gasteiger partial charge in [-0.15, -0.1) is 11.6 Å². The molecule has 0 atom stereocenters. The summed E-state index contributed by atoms with van der Waals surface area (Å²) < 4.78 is 16.6. The van der Waals surface area contributed by atoms with Crippen LogP contribution >= 0.6 is 18.5 Å². The molecule has 0 saturated heterocycles. The van der Waals surface area contributed by atoms with Crippen molar-refractivity contribution in [2.45, 2.75) is 13.3 Å². The highest BCUT2D eigenvalue weighted by Crippen LogP contribution is 2.44. The lowest BCUT2D eigenvalue weighted by atomic mass is 10.1. The highest BCUT2D eigenvalue weighted by molar-refractivity contribution is 7.95. The van der Waals surface area contributed by atoms with Crippen molar-refractivity contribution in [1.29, 1.82) is 0 Å². The Morgan fingerprint density at radius 1 is 0.775 bits per heavy atom. The number of esters is 1. The highest BCUT2D eigenvalue weighted by Gasteiger charge is 2.27. The van der Waals surface area contributed by atoms with Gasteiger partial charge in [0.2, 0.25) is 0 Å². The van der Waals surface area contributed by atoms with Gasteiger partial charge in [0, 0.05) is 11.9 Å². The van der Waals surface area contributed by atoms with Gasteiger partial charge >= 0.3 is 5.97 Å². The van der Waals surface area contributed by atoms with Crippen molar-refractivity contribution in [2.24, 2.45) is 0 Å². The molecule has 7 heteroatoms. The Morgan fingerprint density at radius 3 is 1.82 bits per heavy atom. The van der Waals surface area contributed by atoms with E-state index in [2.05, 4.69) is 36.4 Å². The Morgan fingerprint density at radius 2 is 1.32 bits per heavy atom. The van der Waals surface area contributed by atoms with Gasteiger partial charge in [-0.3, -0.25) is 4.79 Å². The van der Waals surface area contributed by atoms with Crippen molar-refractivity contribution in [3.05, 3.63) is 115 Å². The number of benzene rings is 4. The van der Waals surface area contributed by atoms with Crippen LogP contribution in [-0.2, 0) is 9.53 Å². The van der Waals surface area contributed by atoms with Crippen molar-refractivity contribution in [3.63, 3.8) is 0 Å². The fourth-order valence-corrected chi connectivity index (χ4v) is 8.27. The number of hydrogen-bond acceptors (Lipinski definition) is 5. The molecule has 0 heterocycles. The van der Waals surface area contributed by atoms with E-state index in [1.54, 1.807) is 25.1 Å². The summed E-state index contributed by atoms with van der Waals surface area (Å²) >= 11 is 5.88. The molecule has 4 aromatic carbocycles. The van der Waals surface area contributed by atoms with Crippen LogP contribution in [0.1, 0.15) is 23.7 Å². The van der Waals surface area contributed by atoms with Crippen LogP contribution < -0.4 is 25.4 Å². The number of hydrogen-bond donors (Lipinski definition) is 0. The Kier molecular flexibility index (Phi) is 10.6. The minimum Gasteiger partial charge on any atom is -0.493 e. The van der Waals surface area contributed by atoms with E-state index in [1.807, 2.05) is 60.4 Å². The number of ketones is 1. The lowest BCUT2D eigenvalue weighted by Gasteiger charge is -2.28. The second kappa shape index (κ2) is 14.6. The van der Waals surface area contributed by atoms with Crippen molar-refractivity contribution >= 4 is 51.9 Å². The molecular weight excluding hydrogens is 543 g/mol. The van der Waals surface area contributed by atoms with Crippen LogP contribution in [-0.4, -0.2) is 43.2 Å². The van der Waals surface area contributed by atoms with Crippen LogP contribution in [0.4, 0.5) is 0 Å². The highest BCUT2D eigenvalue weighted by atomic mass is 35.5. The molecule has 0 aliphatic heterocycles. The van der Waals surface area contributed by atoms with Crippen molar-refractivity contribution in [1.82, 2.24) is 0 Å². The maximum absolute atomic E-state index is 14.2. The Bertz CT molecular complexity index is 1350. The van der Waals surface area contributed by atoms with E-state index in [0.29, 0.717) is 36.0 Å². The number of carbonyl (C=O) groups excluding carboxylic acids is 2. The minimum absolute atomic E-state index is 0.164.